The van der Waals surface area contributed by atoms with Crippen LogP contribution in [0.1, 0.15) is 27.2 Å². The van der Waals surface area contributed by atoms with Gasteiger partial charge in [-0.1, -0.05) is 17.4 Å². The first kappa shape index (κ1) is 20.8. The van der Waals surface area contributed by atoms with Gasteiger partial charge in [0.25, 0.3) is 5.91 Å². The highest BCUT2D eigenvalue weighted by molar-refractivity contribution is 7.22. The maximum Gasteiger partial charge on any atom is 0.260 e. The molecule has 4 rings (SSSR count). The van der Waals surface area contributed by atoms with E-state index in [9.17, 15) is 4.79 Å². The average molecular weight is 434 g/mol. The number of thiazole rings is 1. The van der Waals surface area contributed by atoms with Crippen molar-refractivity contribution in [2.45, 2.75) is 20.4 Å². The van der Waals surface area contributed by atoms with Crippen LogP contribution in [-0.2, 0) is 6.54 Å². The molecule has 2 heterocycles. The highest BCUT2D eigenvalue weighted by Gasteiger charge is 2.23. The Balaban J connectivity index is 1.78. The summed E-state index contributed by atoms with van der Waals surface area (Å²) in [5, 5.41) is 0.630. The third-order valence-electron chi connectivity index (χ3n) is 5.15. The Labute approximate surface area is 185 Å². The molecule has 7 heteroatoms. The molecule has 2 aromatic heterocycles. The van der Waals surface area contributed by atoms with Gasteiger partial charge in [0, 0.05) is 11.8 Å². The second-order valence-corrected chi connectivity index (χ2v) is 8.19. The maximum atomic E-state index is 13.6. The van der Waals surface area contributed by atoms with Crippen LogP contribution in [0, 0.1) is 13.8 Å². The summed E-state index contributed by atoms with van der Waals surface area (Å²) < 4.78 is 11.7. The number of ether oxygens (including phenoxy) is 2. The molecule has 0 aliphatic carbocycles. The fourth-order valence-electron chi connectivity index (χ4n) is 3.29. The van der Waals surface area contributed by atoms with Crippen molar-refractivity contribution in [3.63, 3.8) is 0 Å². The molecule has 31 heavy (non-hydrogen) atoms. The Morgan fingerprint density at radius 1 is 1.00 bits per heavy atom. The van der Waals surface area contributed by atoms with E-state index in [1.54, 1.807) is 43.5 Å². The van der Waals surface area contributed by atoms with E-state index in [-0.39, 0.29) is 5.91 Å². The molecule has 0 atom stereocenters. The van der Waals surface area contributed by atoms with Crippen molar-refractivity contribution in [1.29, 1.82) is 0 Å². The molecule has 0 N–H and O–H groups in total. The van der Waals surface area contributed by atoms with Crippen molar-refractivity contribution in [1.82, 2.24) is 9.97 Å². The zero-order valence-electron chi connectivity index (χ0n) is 17.9. The average Bonchev–Trinajstić information content (AvgIpc) is 3.19. The lowest BCUT2D eigenvalue weighted by Gasteiger charge is -2.20. The summed E-state index contributed by atoms with van der Waals surface area (Å²) in [5.41, 5.74) is 4.52. The lowest BCUT2D eigenvalue weighted by molar-refractivity contribution is 0.0984. The number of rotatable bonds is 6. The van der Waals surface area contributed by atoms with Crippen LogP contribution in [0.4, 0.5) is 5.13 Å². The molecule has 4 aromatic rings. The van der Waals surface area contributed by atoms with E-state index in [0.29, 0.717) is 28.7 Å². The first-order valence-corrected chi connectivity index (χ1v) is 10.6. The van der Waals surface area contributed by atoms with Crippen LogP contribution in [0.5, 0.6) is 11.5 Å². The summed E-state index contributed by atoms with van der Waals surface area (Å²) in [5.74, 6) is 0.891. The first-order valence-electron chi connectivity index (χ1n) is 9.81. The Bertz CT molecular complexity index is 1200. The van der Waals surface area contributed by atoms with E-state index < -0.39 is 0 Å². The molecule has 6 nitrogen and oxygen atoms in total. The zero-order valence-corrected chi connectivity index (χ0v) is 18.7. The van der Waals surface area contributed by atoms with Gasteiger partial charge in [-0.15, -0.1) is 0 Å². The number of carbonyl (C=O) groups is 1. The summed E-state index contributed by atoms with van der Waals surface area (Å²) in [4.78, 5) is 24.4. The third-order valence-corrected chi connectivity index (χ3v) is 6.19. The van der Waals surface area contributed by atoms with Crippen molar-refractivity contribution in [3.8, 4) is 11.5 Å². The summed E-state index contributed by atoms with van der Waals surface area (Å²) in [6.07, 6.45) is 1.72. The molecule has 0 spiro atoms. The van der Waals surface area contributed by atoms with E-state index in [2.05, 4.69) is 31.0 Å². The number of aryl methyl sites for hydroxylation is 2. The van der Waals surface area contributed by atoms with Crippen molar-refractivity contribution in [2.75, 3.05) is 19.1 Å². The number of carbonyl (C=O) groups excluding carboxylic acids is 1. The third kappa shape index (κ3) is 4.22. The summed E-state index contributed by atoms with van der Waals surface area (Å²) in [6, 6.07) is 15.0. The highest BCUT2D eigenvalue weighted by atomic mass is 32.1. The first-order chi connectivity index (χ1) is 15.0. The van der Waals surface area contributed by atoms with Gasteiger partial charge in [0.15, 0.2) is 16.6 Å². The van der Waals surface area contributed by atoms with Gasteiger partial charge in [-0.3, -0.25) is 14.7 Å². The molecule has 0 bridgehead atoms. The molecule has 0 unspecified atom stereocenters. The number of anilines is 1. The molecule has 0 radical (unpaired) electrons. The highest BCUT2D eigenvalue weighted by Crippen LogP contribution is 2.34. The molecule has 0 fully saturated rings. The molecule has 158 valence electrons. The predicted molar refractivity (Wildman–Crippen MR) is 123 cm³/mol. The van der Waals surface area contributed by atoms with Gasteiger partial charge in [0.2, 0.25) is 0 Å². The summed E-state index contributed by atoms with van der Waals surface area (Å²) >= 11 is 1.50. The van der Waals surface area contributed by atoms with Crippen LogP contribution in [0.2, 0.25) is 0 Å². The normalized spacial score (nSPS) is 10.8. The molecular formula is C24H23N3O3S. The topological polar surface area (TPSA) is 64.5 Å². The van der Waals surface area contributed by atoms with E-state index >= 15 is 0 Å². The van der Waals surface area contributed by atoms with Gasteiger partial charge in [-0.2, -0.15) is 0 Å². The van der Waals surface area contributed by atoms with Crippen LogP contribution in [-0.4, -0.2) is 30.1 Å². The summed E-state index contributed by atoms with van der Waals surface area (Å²) in [6.45, 7) is 4.45. The van der Waals surface area contributed by atoms with Crippen LogP contribution >= 0.6 is 11.3 Å². The number of methoxy groups -OCH3 is 2. The predicted octanol–water partition coefficient (Wildman–Crippen LogP) is 5.17. The van der Waals surface area contributed by atoms with Gasteiger partial charge >= 0.3 is 0 Å². The Hall–Kier alpha value is -3.45. The fraction of sp³-hybridized carbons (Fsp3) is 0.208. The Morgan fingerprint density at radius 3 is 2.48 bits per heavy atom. The van der Waals surface area contributed by atoms with Crippen LogP contribution < -0.4 is 14.4 Å². The number of benzene rings is 2. The van der Waals surface area contributed by atoms with Crippen LogP contribution in [0.3, 0.4) is 0 Å². The Kier molecular flexibility index (Phi) is 5.86. The molecule has 0 saturated carbocycles. The fourth-order valence-corrected chi connectivity index (χ4v) is 4.33. The summed E-state index contributed by atoms with van der Waals surface area (Å²) in [7, 11) is 3.12. The minimum atomic E-state index is -0.181. The molecule has 1 amide bonds. The lowest BCUT2D eigenvalue weighted by Crippen LogP contribution is -2.30. The number of hydrogen-bond donors (Lipinski definition) is 0. The minimum Gasteiger partial charge on any atom is -0.493 e. The maximum absolute atomic E-state index is 13.6. The number of nitrogens with zero attached hydrogens (tertiary/aromatic N) is 3. The Morgan fingerprint density at radius 2 is 1.77 bits per heavy atom. The molecule has 0 aliphatic heterocycles. The van der Waals surface area contributed by atoms with Crippen molar-refractivity contribution < 1.29 is 14.3 Å². The van der Waals surface area contributed by atoms with E-state index in [1.807, 2.05) is 18.2 Å². The SMILES string of the molecule is COc1ccc(C(=O)N(Cc2ccccn2)c2nc3cc(C)c(C)cc3s2)cc1OC. The second-order valence-electron chi connectivity index (χ2n) is 7.18. The number of fused-ring (bicyclic) bond motifs is 1. The van der Waals surface area contributed by atoms with E-state index in [4.69, 9.17) is 14.5 Å². The smallest absolute Gasteiger partial charge is 0.260 e. The van der Waals surface area contributed by atoms with Gasteiger partial charge in [-0.25, -0.2) is 4.98 Å². The molecular weight excluding hydrogens is 410 g/mol. The number of aromatic nitrogens is 2. The number of hydrogen-bond acceptors (Lipinski definition) is 6. The van der Waals surface area contributed by atoms with Crippen LogP contribution in [0.15, 0.2) is 54.7 Å². The quantitative estimate of drug-likeness (QED) is 0.420. The minimum absolute atomic E-state index is 0.181. The van der Waals surface area contributed by atoms with Gasteiger partial charge in [0.05, 0.1) is 36.7 Å². The van der Waals surface area contributed by atoms with Crippen LogP contribution in [0.25, 0.3) is 10.2 Å². The standard InChI is InChI=1S/C24H23N3O3S/c1-15-11-19-22(12-16(15)2)31-24(26-19)27(14-18-7-5-6-10-25-18)23(28)17-8-9-20(29-3)21(13-17)30-4/h5-13H,14H2,1-4H3. The van der Waals surface area contributed by atoms with Gasteiger partial charge in [0.1, 0.15) is 0 Å². The van der Waals surface area contributed by atoms with Crippen molar-refractivity contribution in [3.05, 3.63) is 77.1 Å². The largest absolute Gasteiger partial charge is 0.493 e. The van der Waals surface area contributed by atoms with Gasteiger partial charge in [-0.05, 0) is 67.4 Å². The molecule has 2 aromatic carbocycles. The van der Waals surface area contributed by atoms with Gasteiger partial charge < -0.3 is 9.47 Å². The van der Waals surface area contributed by atoms with E-state index in [1.165, 1.54) is 22.5 Å². The van der Waals surface area contributed by atoms with E-state index in [0.717, 1.165) is 15.9 Å². The molecule has 0 saturated heterocycles. The number of pyridine rings is 1. The molecule has 0 aliphatic rings. The number of amides is 1. The second kappa shape index (κ2) is 8.73. The lowest BCUT2D eigenvalue weighted by atomic mass is 10.1. The van der Waals surface area contributed by atoms with Crippen molar-refractivity contribution >= 4 is 32.6 Å². The van der Waals surface area contributed by atoms with Crippen molar-refractivity contribution in [2.24, 2.45) is 0 Å². The zero-order chi connectivity index (χ0) is 22.0. The monoisotopic (exact) mass is 433 g/mol.